The predicted octanol–water partition coefficient (Wildman–Crippen LogP) is 1.37. The number of carbonyl (C=O) groups excluding carboxylic acids is 1. The summed E-state index contributed by atoms with van der Waals surface area (Å²) >= 11 is 0. The Balaban J connectivity index is 2.47. The Morgan fingerprint density at radius 2 is 2.07 bits per heavy atom. The lowest BCUT2D eigenvalue weighted by atomic mass is 10.2. The van der Waals surface area contributed by atoms with Gasteiger partial charge < -0.3 is 9.64 Å². The molecule has 88 valence electrons. The Hall–Kier alpha value is -0.580. The first-order valence-electron chi connectivity index (χ1n) is 5.10. The van der Waals surface area contributed by atoms with Crippen LogP contribution in [0, 0.1) is 0 Å². The maximum absolute atomic E-state index is 11.6. The van der Waals surface area contributed by atoms with Gasteiger partial charge in [-0.2, -0.15) is 0 Å². The molecule has 1 heterocycles. The molecule has 0 aromatic carbocycles. The molecule has 15 heavy (non-hydrogen) atoms. The second kappa shape index (κ2) is 4.51. The lowest BCUT2D eigenvalue weighted by molar-refractivity contribution is 0.0295. The minimum absolute atomic E-state index is 0.109. The van der Waals surface area contributed by atoms with Crippen LogP contribution >= 0.6 is 0 Å². The van der Waals surface area contributed by atoms with Gasteiger partial charge in [-0.1, -0.05) is 0 Å². The fourth-order valence-corrected chi connectivity index (χ4v) is 2.32. The number of likely N-dealkylation sites (tertiary alicyclic amines) is 1. The van der Waals surface area contributed by atoms with Crippen LogP contribution in [-0.2, 0) is 15.5 Å². The molecule has 0 bridgehead atoms. The Morgan fingerprint density at radius 1 is 1.47 bits per heavy atom. The van der Waals surface area contributed by atoms with Crippen molar-refractivity contribution in [2.75, 3.05) is 19.3 Å². The van der Waals surface area contributed by atoms with Gasteiger partial charge in [0.1, 0.15) is 5.60 Å². The van der Waals surface area contributed by atoms with E-state index >= 15 is 0 Å². The van der Waals surface area contributed by atoms with E-state index in [2.05, 4.69) is 0 Å². The highest BCUT2D eigenvalue weighted by Crippen LogP contribution is 2.17. The minimum atomic E-state index is -0.851. The van der Waals surface area contributed by atoms with Crippen LogP contribution in [0.2, 0.25) is 0 Å². The van der Waals surface area contributed by atoms with Gasteiger partial charge in [-0.15, -0.1) is 0 Å². The van der Waals surface area contributed by atoms with Gasteiger partial charge in [0.15, 0.2) is 0 Å². The first-order valence-corrected chi connectivity index (χ1v) is 6.72. The van der Waals surface area contributed by atoms with E-state index in [1.165, 1.54) is 0 Å². The van der Waals surface area contributed by atoms with Crippen molar-refractivity contribution in [2.24, 2.45) is 0 Å². The first kappa shape index (κ1) is 12.5. The molecule has 5 heteroatoms. The third-order valence-corrected chi connectivity index (χ3v) is 3.59. The van der Waals surface area contributed by atoms with E-state index in [0.717, 1.165) is 6.42 Å². The maximum atomic E-state index is 11.6. The maximum Gasteiger partial charge on any atom is 0.410 e. The fraction of sp³-hybridized carbons (Fsp3) is 0.900. The highest BCUT2D eigenvalue weighted by atomic mass is 32.2. The van der Waals surface area contributed by atoms with Crippen LogP contribution in [0.5, 0.6) is 0 Å². The number of ether oxygens (including phenoxy) is 1. The quantitative estimate of drug-likeness (QED) is 0.687. The highest BCUT2D eigenvalue weighted by Gasteiger charge is 2.31. The molecule has 1 rings (SSSR count). The summed E-state index contributed by atoms with van der Waals surface area (Å²) in [6, 6.07) is 0. The third-order valence-electron chi connectivity index (χ3n) is 2.27. The standard InChI is InChI=1S/C10H19NO3S/c1-10(2,3)14-9(12)11-6-5-8(7-11)15(4)13/h8H,5-7H2,1-4H3. The summed E-state index contributed by atoms with van der Waals surface area (Å²) in [4.78, 5) is 13.3. The first-order chi connectivity index (χ1) is 6.79. The lowest BCUT2D eigenvalue weighted by Crippen LogP contribution is -2.36. The molecule has 1 fully saturated rings. The monoisotopic (exact) mass is 233 g/mol. The van der Waals surface area contributed by atoms with E-state index in [9.17, 15) is 9.00 Å². The molecule has 0 spiro atoms. The van der Waals surface area contributed by atoms with Crippen LogP contribution in [0.1, 0.15) is 27.2 Å². The van der Waals surface area contributed by atoms with Gasteiger partial charge in [0.05, 0.1) is 5.25 Å². The van der Waals surface area contributed by atoms with E-state index in [1.807, 2.05) is 20.8 Å². The van der Waals surface area contributed by atoms with E-state index in [0.29, 0.717) is 13.1 Å². The molecule has 2 atom stereocenters. The topological polar surface area (TPSA) is 46.6 Å². The SMILES string of the molecule is CS(=O)C1CCN(C(=O)OC(C)(C)C)C1. The Labute approximate surface area is 93.4 Å². The Morgan fingerprint density at radius 3 is 2.47 bits per heavy atom. The molecule has 1 saturated heterocycles. The number of carbonyl (C=O) groups is 1. The van der Waals surface area contributed by atoms with Gasteiger partial charge in [0, 0.05) is 30.1 Å². The van der Waals surface area contributed by atoms with Gasteiger partial charge in [-0.05, 0) is 27.2 Å². The van der Waals surface area contributed by atoms with Crippen molar-refractivity contribution in [3.63, 3.8) is 0 Å². The van der Waals surface area contributed by atoms with Crippen molar-refractivity contribution in [2.45, 2.75) is 38.0 Å². The third kappa shape index (κ3) is 3.81. The van der Waals surface area contributed by atoms with Crippen molar-refractivity contribution >= 4 is 16.9 Å². The summed E-state index contributed by atoms with van der Waals surface area (Å²) in [6.07, 6.45) is 2.20. The van der Waals surface area contributed by atoms with Crippen LogP contribution in [-0.4, -0.2) is 45.4 Å². The summed E-state index contributed by atoms with van der Waals surface area (Å²) in [5, 5.41) is 0.109. The number of hydrogen-bond donors (Lipinski definition) is 0. The average molecular weight is 233 g/mol. The molecule has 0 aliphatic carbocycles. The van der Waals surface area contributed by atoms with Crippen LogP contribution < -0.4 is 0 Å². The molecule has 1 amide bonds. The fourth-order valence-electron chi connectivity index (χ4n) is 1.49. The van der Waals surface area contributed by atoms with Crippen LogP contribution in [0.25, 0.3) is 0 Å². The zero-order valence-electron chi connectivity index (χ0n) is 9.78. The molecule has 1 aliphatic rings. The van der Waals surface area contributed by atoms with Gasteiger partial charge in [0.25, 0.3) is 0 Å². The second-order valence-electron chi connectivity index (χ2n) is 4.84. The molecule has 1 aliphatic heterocycles. The highest BCUT2D eigenvalue weighted by molar-refractivity contribution is 7.84. The number of hydrogen-bond acceptors (Lipinski definition) is 3. The average Bonchev–Trinajstić information content (AvgIpc) is 2.47. The molecule has 2 unspecified atom stereocenters. The van der Waals surface area contributed by atoms with Crippen molar-refractivity contribution in [1.82, 2.24) is 4.90 Å². The second-order valence-corrected chi connectivity index (χ2v) is 6.50. The molecule has 4 nitrogen and oxygen atoms in total. The molecule has 0 radical (unpaired) electrons. The zero-order valence-corrected chi connectivity index (χ0v) is 10.6. The Bertz CT molecular complexity index is 272. The Kier molecular flexibility index (Phi) is 3.76. The molecular formula is C10H19NO3S. The summed E-state index contributed by atoms with van der Waals surface area (Å²) in [5.41, 5.74) is -0.458. The van der Waals surface area contributed by atoms with Crippen molar-refractivity contribution < 1.29 is 13.7 Å². The number of amides is 1. The summed E-state index contributed by atoms with van der Waals surface area (Å²) in [7, 11) is -0.851. The van der Waals surface area contributed by atoms with E-state index < -0.39 is 16.4 Å². The van der Waals surface area contributed by atoms with Crippen LogP contribution in [0.3, 0.4) is 0 Å². The van der Waals surface area contributed by atoms with Crippen LogP contribution in [0.15, 0.2) is 0 Å². The summed E-state index contributed by atoms with van der Waals surface area (Å²) in [6.45, 7) is 6.74. The van der Waals surface area contributed by atoms with E-state index in [4.69, 9.17) is 4.74 Å². The molecular weight excluding hydrogens is 214 g/mol. The van der Waals surface area contributed by atoms with Gasteiger partial charge in [-0.25, -0.2) is 4.79 Å². The lowest BCUT2D eigenvalue weighted by Gasteiger charge is -2.24. The van der Waals surface area contributed by atoms with Gasteiger partial charge in [0.2, 0.25) is 0 Å². The minimum Gasteiger partial charge on any atom is -0.444 e. The van der Waals surface area contributed by atoms with Crippen LogP contribution in [0.4, 0.5) is 4.79 Å². The van der Waals surface area contributed by atoms with Crippen molar-refractivity contribution in [3.05, 3.63) is 0 Å². The summed E-state index contributed by atoms with van der Waals surface area (Å²) < 4.78 is 16.5. The zero-order chi connectivity index (χ0) is 11.6. The molecule has 0 aromatic rings. The predicted molar refractivity (Wildman–Crippen MR) is 60.3 cm³/mol. The molecule has 0 aromatic heterocycles. The molecule has 0 N–H and O–H groups in total. The number of nitrogens with zero attached hydrogens (tertiary/aromatic N) is 1. The largest absolute Gasteiger partial charge is 0.444 e. The molecule has 0 saturated carbocycles. The normalized spacial score (nSPS) is 24.0. The number of rotatable bonds is 1. The summed E-state index contributed by atoms with van der Waals surface area (Å²) in [5.74, 6) is 0. The smallest absolute Gasteiger partial charge is 0.410 e. The van der Waals surface area contributed by atoms with Gasteiger partial charge >= 0.3 is 6.09 Å². The van der Waals surface area contributed by atoms with E-state index in [1.54, 1.807) is 11.2 Å². The van der Waals surface area contributed by atoms with E-state index in [-0.39, 0.29) is 11.3 Å². The van der Waals surface area contributed by atoms with Crippen molar-refractivity contribution in [3.8, 4) is 0 Å². The van der Waals surface area contributed by atoms with Crippen molar-refractivity contribution in [1.29, 1.82) is 0 Å². The van der Waals surface area contributed by atoms with Gasteiger partial charge in [-0.3, -0.25) is 4.21 Å².